The van der Waals surface area contributed by atoms with E-state index < -0.39 is 16.0 Å². The zero-order chi connectivity index (χ0) is 23.2. The predicted octanol–water partition coefficient (Wildman–Crippen LogP) is 3.76. The Morgan fingerprint density at radius 2 is 1.64 bits per heavy atom. The van der Waals surface area contributed by atoms with Gasteiger partial charge in [0.15, 0.2) is 6.61 Å². The highest BCUT2D eigenvalue weighted by atomic mass is 35.5. The fourth-order valence-corrected chi connectivity index (χ4v) is 8.90. The third-order valence-electron chi connectivity index (χ3n) is 7.88. The molecular weight excluding hydrogens is 464 g/mol. The molecule has 180 valence electrons. The summed E-state index contributed by atoms with van der Waals surface area (Å²) in [5.74, 6) is 1.08. The molecule has 1 saturated heterocycles. The average molecular weight is 495 g/mol. The molecule has 1 amide bonds. The summed E-state index contributed by atoms with van der Waals surface area (Å²) < 4.78 is 32.7. The molecule has 1 heterocycles. The van der Waals surface area contributed by atoms with Crippen LogP contribution in [0.2, 0.25) is 5.02 Å². The van der Waals surface area contributed by atoms with Crippen LogP contribution in [-0.2, 0) is 19.6 Å². The molecule has 33 heavy (non-hydrogen) atoms. The minimum absolute atomic E-state index is 0.0664. The number of halogens is 1. The Kier molecular flexibility index (Phi) is 6.20. The van der Waals surface area contributed by atoms with Crippen LogP contribution in [0.1, 0.15) is 68.1 Å². The van der Waals surface area contributed by atoms with Crippen LogP contribution < -0.4 is 5.32 Å². The van der Waals surface area contributed by atoms with Crippen molar-refractivity contribution in [1.82, 2.24) is 9.62 Å². The Balaban J connectivity index is 1.22. The number of piperidine rings is 1. The van der Waals surface area contributed by atoms with E-state index in [-0.39, 0.29) is 33.5 Å². The van der Waals surface area contributed by atoms with Crippen LogP contribution >= 0.6 is 11.6 Å². The molecule has 1 aromatic carbocycles. The van der Waals surface area contributed by atoms with E-state index in [9.17, 15) is 18.0 Å². The Morgan fingerprint density at radius 1 is 1.03 bits per heavy atom. The van der Waals surface area contributed by atoms with Crippen LogP contribution in [0.15, 0.2) is 23.1 Å². The average Bonchev–Trinajstić information content (AvgIpc) is 2.77. The molecule has 0 aromatic heterocycles. The quantitative estimate of drug-likeness (QED) is 0.608. The number of benzene rings is 1. The number of sulfonamides is 1. The second-order valence-corrected chi connectivity index (χ2v) is 12.7. The summed E-state index contributed by atoms with van der Waals surface area (Å²) in [5.41, 5.74) is -0.0774. The molecule has 9 heteroatoms. The van der Waals surface area contributed by atoms with Crippen LogP contribution in [0.5, 0.6) is 0 Å². The van der Waals surface area contributed by atoms with Gasteiger partial charge in [0.2, 0.25) is 10.0 Å². The maximum atomic E-state index is 13.0. The van der Waals surface area contributed by atoms with E-state index in [1.165, 1.54) is 41.8 Å². The maximum absolute atomic E-state index is 13.0. The first kappa shape index (κ1) is 23.1. The largest absolute Gasteiger partial charge is 0.452 e. The molecule has 1 N–H and O–H groups in total. The summed E-state index contributed by atoms with van der Waals surface area (Å²) in [7, 11) is -3.80. The maximum Gasteiger partial charge on any atom is 0.338 e. The van der Waals surface area contributed by atoms with Crippen LogP contribution in [0.3, 0.4) is 0 Å². The number of esters is 1. The van der Waals surface area contributed by atoms with Crippen molar-refractivity contribution in [2.45, 2.75) is 68.2 Å². The van der Waals surface area contributed by atoms with Crippen molar-refractivity contribution >= 4 is 33.5 Å². The molecule has 1 aliphatic heterocycles. The van der Waals surface area contributed by atoms with E-state index >= 15 is 0 Å². The first-order chi connectivity index (χ1) is 15.7. The summed E-state index contributed by atoms with van der Waals surface area (Å²) in [6.07, 6.45) is 9.51. The van der Waals surface area contributed by atoms with Gasteiger partial charge < -0.3 is 10.1 Å². The van der Waals surface area contributed by atoms with Gasteiger partial charge in [0.1, 0.15) is 4.90 Å². The normalized spacial score (nSPS) is 31.4. The van der Waals surface area contributed by atoms with Crippen LogP contribution in [0, 0.1) is 17.8 Å². The molecule has 4 saturated carbocycles. The minimum atomic E-state index is -3.80. The number of carbonyl (C=O) groups is 2. The molecule has 4 bridgehead atoms. The molecule has 1 aromatic rings. The highest BCUT2D eigenvalue weighted by Gasteiger charge is 2.51. The Hall–Kier alpha value is -1.64. The molecule has 0 radical (unpaired) electrons. The van der Waals surface area contributed by atoms with Crippen molar-refractivity contribution in [2.75, 3.05) is 19.7 Å². The molecule has 6 rings (SSSR count). The Morgan fingerprint density at radius 3 is 2.24 bits per heavy atom. The number of ether oxygens (including phenoxy) is 1. The molecule has 0 atom stereocenters. The van der Waals surface area contributed by atoms with E-state index in [0.717, 1.165) is 38.5 Å². The summed E-state index contributed by atoms with van der Waals surface area (Å²) >= 11 is 6.18. The summed E-state index contributed by atoms with van der Waals surface area (Å²) in [5, 5.41) is 3.25. The van der Waals surface area contributed by atoms with E-state index in [1.807, 2.05) is 0 Å². The first-order valence-corrected chi connectivity index (χ1v) is 13.8. The molecular formula is C24H31ClN2O5S. The van der Waals surface area contributed by atoms with E-state index in [0.29, 0.717) is 30.8 Å². The van der Waals surface area contributed by atoms with Gasteiger partial charge >= 0.3 is 5.97 Å². The lowest BCUT2D eigenvalue weighted by atomic mass is 9.53. The second kappa shape index (κ2) is 8.86. The predicted molar refractivity (Wildman–Crippen MR) is 123 cm³/mol. The molecule has 7 nitrogen and oxygen atoms in total. The van der Waals surface area contributed by atoms with Crippen molar-refractivity contribution in [3.8, 4) is 0 Å². The molecule has 0 spiro atoms. The van der Waals surface area contributed by atoms with Gasteiger partial charge in [-0.15, -0.1) is 0 Å². The fourth-order valence-electron chi connectivity index (χ4n) is 6.88. The van der Waals surface area contributed by atoms with Gasteiger partial charge in [0.25, 0.3) is 5.91 Å². The number of rotatable bonds is 6. The highest BCUT2D eigenvalue weighted by Crippen LogP contribution is 2.55. The Labute approximate surface area is 200 Å². The number of carbonyl (C=O) groups excluding carboxylic acids is 2. The van der Waals surface area contributed by atoms with Gasteiger partial charge in [-0.05, 0) is 87.3 Å². The van der Waals surface area contributed by atoms with Crippen LogP contribution in [0.25, 0.3) is 0 Å². The third-order valence-corrected chi connectivity index (χ3v) is 10.3. The zero-order valence-corrected chi connectivity index (χ0v) is 20.3. The smallest absolute Gasteiger partial charge is 0.338 e. The van der Waals surface area contributed by atoms with Crippen molar-refractivity contribution in [3.05, 3.63) is 28.8 Å². The van der Waals surface area contributed by atoms with Crippen molar-refractivity contribution < 1.29 is 22.7 Å². The minimum Gasteiger partial charge on any atom is -0.452 e. The van der Waals surface area contributed by atoms with Crippen LogP contribution in [0.4, 0.5) is 0 Å². The molecule has 5 fully saturated rings. The van der Waals surface area contributed by atoms with Crippen molar-refractivity contribution in [2.24, 2.45) is 17.8 Å². The summed E-state index contributed by atoms with van der Waals surface area (Å²) in [4.78, 5) is 25.2. The number of hydrogen-bond donors (Lipinski definition) is 1. The summed E-state index contributed by atoms with van der Waals surface area (Å²) in [6.45, 7) is 0.507. The third kappa shape index (κ3) is 4.66. The lowest BCUT2D eigenvalue weighted by Crippen LogP contribution is -2.60. The van der Waals surface area contributed by atoms with E-state index in [4.69, 9.17) is 16.3 Å². The fraction of sp³-hybridized carbons (Fsp3) is 0.667. The molecule has 0 unspecified atom stereocenters. The molecule has 4 aliphatic carbocycles. The number of nitrogens with one attached hydrogen (secondary N) is 1. The topological polar surface area (TPSA) is 92.8 Å². The van der Waals surface area contributed by atoms with Gasteiger partial charge in [0.05, 0.1) is 10.6 Å². The van der Waals surface area contributed by atoms with Crippen LogP contribution in [-0.4, -0.2) is 49.8 Å². The highest BCUT2D eigenvalue weighted by molar-refractivity contribution is 7.89. The van der Waals surface area contributed by atoms with E-state index in [1.54, 1.807) is 0 Å². The monoisotopic (exact) mass is 494 g/mol. The Bertz CT molecular complexity index is 1020. The van der Waals surface area contributed by atoms with Gasteiger partial charge in [-0.3, -0.25) is 4.79 Å². The second-order valence-electron chi connectivity index (χ2n) is 10.4. The SMILES string of the molecule is O=C(COC(=O)c1ccc(Cl)c(S(=O)(=O)N2CCCCC2)c1)NC12CC3CC(CC(C3)C1)C2. The number of hydrogen-bond acceptors (Lipinski definition) is 5. The zero-order valence-electron chi connectivity index (χ0n) is 18.7. The summed E-state index contributed by atoms with van der Waals surface area (Å²) in [6, 6.07) is 4.08. The number of nitrogens with zero attached hydrogens (tertiary/aromatic N) is 1. The lowest BCUT2D eigenvalue weighted by molar-refractivity contribution is -0.130. The first-order valence-electron chi connectivity index (χ1n) is 12.0. The lowest BCUT2D eigenvalue weighted by Gasteiger charge is -2.56. The van der Waals surface area contributed by atoms with E-state index in [2.05, 4.69) is 5.32 Å². The van der Waals surface area contributed by atoms with Gasteiger partial charge in [-0.25, -0.2) is 13.2 Å². The molecule has 5 aliphatic rings. The van der Waals surface area contributed by atoms with Gasteiger partial charge in [0, 0.05) is 18.6 Å². The van der Waals surface area contributed by atoms with Crippen molar-refractivity contribution in [1.29, 1.82) is 0 Å². The van der Waals surface area contributed by atoms with Gasteiger partial charge in [-0.1, -0.05) is 18.0 Å². The van der Waals surface area contributed by atoms with Gasteiger partial charge in [-0.2, -0.15) is 4.31 Å². The van der Waals surface area contributed by atoms with Crippen molar-refractivity contribution in [3.63, 3.8) is 0 Å². The standard InChI is InChI=1S/C24H31ClN2O5S/c25-20-5-4-19(11-21(20)33(30,31)27-6-2-1-3-7-27)23(29)32-15-22(28)26-24-12-16-8-17(13-24)10-18(9-16)14-24/h4-5,11,16-18H,1-3,6-10,12-15H2,(H,26,28). The number of amides is 1.